The van der Waals surface area contributed by atoms with E-state index in [1.165, 1.54) is 0 Å². The molecule has 2 nitrogen and oxygen atoms in total. The third kappa shape index (κ3) is 1.38. The summed E-state index contributed by atoms with van der Waals surface area (Å²) in [5.41, 5.74) is 1.98. The Hall–Kier alpha value is -1.09. The molecular formula is C11H12O2S. The number of furan rings is 1. The average molecular weight is 208 g/mol. The van der Waals surface area contributed by atoms with Gasteiger partial charge in [-0.15, -0.1) is 0 Å². The van der Waals surface area contributed by atoms with Crippen LogP contribution in [0.1, 0.15) is 11.3 Å². The molecule has 0 fully saturated rings. The van der Waals surface area contributed by atoms with Crippen LogP contribution in [-0.2, 0) is 10.8 Å². The summed E-state index contributed by atoms with van der Waals surface area (Å²) in [6.07, 6.45) is 1.68. The minimum atomic E-state index is -0.986. The molecule has 0 aliphatic carbocycles. The van der Waals surface area contributed by atoms with E-state index in [9.17, 15) is 4.21 Å². The second-order valence-electron chi connectivity index (χ2n) is 3.44. The maximum Gasteiger partial charge on any atom is 0.135 e. The molecule has 1 aromatic heterocycles. The highest BCUT2D eigenvalue weighted by molar-refractivity contribution is 7.84. The fourth-order valence-electron chi connectivity index (χ4n) is 1.67. The molecular weight excluding hydrogens is 196 g/mol. The van der Waals surface area contributed by atoms with Gasteiger partial charge in [-0.1, -0.05) is 11.6 Å². The molecule has 0 N–H and O–H groups in total. The molecule has 1 atom stereocenters. The highest BCUT2D eigenvalue weighted by atomic mass is 32.2. The Morgan fingerprint density at radius 3 is 2.64 bits per heavy atom. The van der Waals surface area contributed by atoms with Crippen LogP contribution in [-0.4, -0.2) is 10.5 Å². The van der Waals surface area contributed by atoms with Crippen molar-refractivity contribution in [1.82, 2.24) is 0 Å². The van der Waals surface area contributed by atoms with E-state index in [0.717, 1.165) is 27.2 Å². The highest BCUT2D eigenvalue weighted by Gasteiger charge is 2.13. The molecule has 0 spiro atoms. The largest absolute Gasteiger partial charge is 0.460 e. The lowest BCUT2D eigenvalue weighted by Crippen LogP contribution is -1.87. The lowest BCUT2D eigenvalue weighted by atomic mass is 10.2. The zero-order valence-electron chi connectivity index (χ0n) is 8.46. The third-order valence-corrected chi connectivity index (χ3v) is 3.33. The second kappa shape index (κ2) is 3.24. The van der Waals surface area contributed by atoms with Crippen LogP contribution in [0.4, 0.5) is 0 Å². The van der Waals surface area contributed by atoms with Gasteiger partial charge in [0.2, 0.25) is 0 Å². The summed E-state index contributed by atoms with van der Waals surface area (Å²) in [5.74, 6) is 0.756. The summed E-state index contributed by atoms with van der Waals surface area (Å²) in [6, 6.07) is 5.93. The normalized spacial score (nSPS) is 13.4. The molecule has 14 heavy (non-hydrogen) atoms. The second-order valence-corrected chi connectivity index (χ2v) is 4.76. The van der Waals surface area contributed by atoms with Crippen molar-refractivity contribution in [3.05, 3.63) is 29.5 Å². The quantitative estimate of drug-likeness (QED) is 0.721. The zero-order valence-corrected chi connectivity index (χ0v) is 9.27. The first-order valence-corrected chi connectivity index (χ1v) is 5.98. The summed E-state index contributed by atoms with van der Waals surface area (Å²) in [5, 5.41) is 0.975. The van der Waals surface area contributed by atoms with Gasteiger partial charge in [0.25, 0.3) is 0 Å². The van der Waals surface area contributed by atoms with E-state index in [-0.39, 0.29) is 0 Å². The van der Waals surface area contributed by atoms with Crippen molar-refractivity contribution in [3.63, 3.8) is 0 Å². The smallest absolute Gasteiger partial charge is 0.135 e. The van der Waals surface area contributed by atoms with E-state index in [2.05, 4.69) is 0 Å². The molecule has 0 amide bonds. The van der Waals surface area contributed by atoms with Crippen molar-refractivity contribution in [2.45, 2.75) is 18.7 Å². The molecule has 0 saturated carbocycles. The van der Waals surface area contributed by atoms with Crippen molar-refractivity contribution < 1.29 is 8.63 Å². The Labute approximate surface area is 85.4 Å². The minimum Gasteiger partial charge on any atom is -0.460 e. The summed E-state index contributed by atoms with van der Waals surface area (Å²) >= 11 is 0. The maximum atomic E-state index is 11.5. The first-order valence-electron chi connectivity index (χ1n) is 4.43. The van der Waals surface area contributed by atoms with Gasteiger partial charge in [0.15, 0.2) is 0 Å². The van der Waals surface area contributed by atoms with E-state index in [0.29, 0.717) is 0 Å². The fraction of sp³-hybridized carbons (Fsp3) is 0.273. The number of hydrogen-bond donors (Lipinski definition) is 0. The van der Waals surface area contributed by atoms with E-state index in [1.807, 2.05) is 32.0 Å². The molecule has 0 aliphatic rings. The van der Waals surface area contributed by atoms with Crippen LogP contribution in [0, 0.1) is 13.8 Å². The van der Waals surface area contributed by atoms with E-state index < -0.39 is 10.8 Å². The lowest BCUT2D eigenvalue weighted by Gasteiger charge is -1.94. The van der Waals surface area contributed by atoms with Crippen LogP contribution in [0.15, 0.2) is 27.5 Å². The monoisotopic (exact) mass is 208 g/mol. The zero-order chi connectivity index (χ0) is 10.3. The Balaban J connectivity index is 2.86. The predicted molar refractivity (Wildman–Crippen MR) is 58.0 cm³/mol. The summed E-state index contributed by atoms with van der Waals surface area (Å²) in [6.45, 7) is 3.87. The van der Waals surface area contributed by atoms with Crippen molar-refractivity contribution in [3.8, 4) is 0 Å². The number of aryl methyl sites for hydroxylation is 2. The molecule has 1 heterocycles. The maximum absolute atomic E-state index is 11.5. The van der Waals surface area contributed by atoms with Crippen LogP contribution in [0.5, 0.6) is 0 Å². The van der Waals surface area contributed by atoms with Gasteiger partial charge in [-0.3, -0.25) is 4.21 Å². The summed E-state index contributed by atoms with van der Waals surface area (Å²) in [7, 11) is -0.986. The lowest BCUT2D eigenvalue weighted by molar-refractivity contribution is 0.566. The Kier molecular flexibility index (Phi) is 2.19. The van der Waals surface area contributed by atoms with Crippen LogP contribution < -0.4 is 0 Å². The van der Waals surface area contributed by atoms with E-state index in [1.54, 1.807) is 6.26 Å². The molecule has 2 rings (SSSR count). The van der Waals surface area contributed by atoms with Gasteiger partial charge in [0.1, 0.15) is 11.3 Å². The van der Waals surface area contributed by atoms with Crippen molar-refractivity contribution in [1.29, 1.82) is 0 Å². The molecule has 0 bridgehead atoms. The van der Waals surface area contributed by atoms with Crippen LogP contribution in [0.2, 0.25) is 0 Å². The van der Waals surface area contributed by atoms with Gasteiger partial charge < -0.3 is 4.42 Å². The van der Waals surface area contributed by atoms with Crippen LogP contribution in [0.25, 0.3) is 11.0 Å². The molecule has 3 heteroatoms. The predicted octanol–water partition coefficient (Wildman–Crippen LogP) is 2.79. The molecule has 0 unspecified atom stereocenters. The topological polar surface area (TPSA) is 30.2 Å². The third-order valence-electron chi connectivity index (χ3n) is 2.25. The molecule has 2 aromatic rings. The fourth-order valence-corrected chi connectivity index (χ4v) is 2.58. The van der Waals surface area contributed by atoms with Crippen LogP contribution >= 0.6 is 0 Å². The van der Waals surface area contributed by atoms with Gasteiger partial charge in [-0.25, -0.2) is 0 Å². The van der Waals surface area contributed by atoms with E-state index >= 15 is 0 Å². The number of hydrogen-bond acceptors (Lipinski definition) is 2. The van der Waals surface area contributed by atoms with Gasteiger partial charge in [0.05, 0.1) is 15.7 Å². The minimum absolute atomic E-state index is 0.756. The molecule has 0 saturated heterocycles. The molecule has 0 radical (unpaired) electrons. The summed E-state index contributed by atoms with van der Waals surface area (Å²) < 4.78 is 17.0. The molecule has 0 aliphatic heterocycles. The SMILES string of the molecule is Cc1ccc2oc(C)c([S@](C)=O)c2c1. The van der Waals surface area contributed by atoms with Crippen molar-refractivity contribution in [2.24, 2.45) is 0 Å². The first-order chi connectivity index (χ1) is 6.59. The summed E-state index contributed by atoms with van der Waals surface area (Å²) in [4.78, 5) is 0.823. The van der Waals surface area contributed by atoms with Gasteiger partial charge in [-0.05, 0) is 26.0 Å². The van der Waals surface area contributed by atoms with Gasteiger partial charge in [-0.2, -0.15) is 0 Å². The van der Waals surface area contributed by atoms with E-state index in [4.69, 9.17) is 4.42 Å². The standard InChI is InChI=1S/C11H12O2S/c1-7-4-5-10-9(6-7)11(14(3)12)8(2)13-10/h4-6H,1-3H3/t14-/m0/s1. The average Bonchev–Trinajstić information content (AvgIpc) is 2.40. The Bertz CT molecular complexity index is 511. The Morgan fingerprint density at radius 2 is 2.00 bits per heavy atom. The Morgan fingerprint density at radius 1 is 1.29 bits per heavy atom. The van der Waals surface area contributed by atoms with Gasteiger partial charge >= 0.3 is 0 Å². The molecule has 74 valence electrons. The number of fused-ring (bicyclic) bond motifs is 1. The highest BCUT2D eigenvalue weighted by Crippen LogP contribution is 2.28. The molecule has 1 aromatic carbocycles. The number of rotatable bonds is 1. The van der Waals surface area contributed by atoms with Crippen molar-refractivity contribution >= 4 is 21.8 Å². The van der Waals surface area contributed by atoms with Crippen molar-refractivity contribution in [2.75, 3.05) is 6.26 Å². The van der Waals surface area contributed by atoms with Crippen LogP contribution in [0.3, 0.4) is 0 Å². The first kappa shape index (κ1) is 9.46. The number of benzene rings is 1. The van der Waals surface area contributed by atoms with Gasteiger partial charge in [0, 0.05) is 11.6 Å².